The molecule has 1 aromatic rings. The van der Waals surface area contributed by atoms with Crippen molar-refractivity contribution >= 4 is 21.8 Å². The molecule has 1 saturated heterocycles. The molecule has 1 heterocycles. The normalized spacial score (nSPS) is 20.8. The second-order valence-corrected chi connectivity index (χ2v) is 6.23. The molecule has 1 aromatic carbocycles. The number of hydrogen-bond donors (Lipinski definition) is 1. The van der Waals surface area contributed by atoms with Gasteiger partial charge in [0.15, 0.2) is 0 Å². The third kappa shape index (κ3) is 2.56. The molecule has 6 nitrogen and oxygen atoms in total. The number of rotatable bonds is 3. The lowest BCUT2D eigenvalue weighted by molar-refractivity contribution is -0.137. The number of imide groups is 1. The summed E-state index contributed by atoms with van der Waals surface area (Å²) in [6.07, 6.45) is 0.236. The Morgan fingerprint density at radius 1 is 1.30 bits per heavy atom. The number of amides is 2. The molecule has 8 heteroatoms. The van der Waals surface area contributed by atoms with Gasteiger partial charge >= 0.3 is 0 Å². The van der Waals surface area contributed by atoms with E-state index in [4.69, 9.17) is 0 Å². The summed E-state index contributed by atoms with van der Waals surface area (Å²) >= 11 is 0. The summed E-state index contributed by atoms with van der Waals surface area (Å²) in [6, 6.07) is 3.30. The van der Waals surface area contributed by atoms with Crippen LogP contribution < -0.4 is 5.32 Å². The van der Waals surface area contributed by atoms with Gasteiger partial charge in [-0.05, 0) is 30.7 Å². The smallest absolute Gasteiger partial charge is 0.245 e. The molecule has 108 valence electrons. The molecule has 0 aliphatic carbocycles. The van der Waals surface area contributed by atoms with Crippen LogP contribution in [0.3, 0.4) is 0 Å². The number of nitrogens with zero attached hydrogens (tertiary/aromatic N) is 1. The lowest BCUT2D eigenvalue weighted by Gasteiger charge is -2.32. The van der Waals surface area contributed by atoms with E-state index in [1.807, 2.05) is 0 Å². The predicted molar refractivity (Wildman–Crippen MR) is 67.5 cm³/mol. The van der Waals surface area contributed by atoms with E-state index in [0.717, 1.165) is 28.6 Å². The molecule has 2 rings (SSSR count). The summed E-state index contributed by atoms with van der Waals surface area (Å²) in [5.41, 5.74) is 0. The summed E-state index contributed by atoms with van der Waals surface area (Å²) in [5, 5.41) is 2.10. The highest BCUT2D eigenvalue weighted by molar-refractivity contribution is 7.89. The minimum atomic E-state index is -4.02. The number of hydrogen-bond acceptors (Lipinski definition) is 4. The Morgan fingerprint density at radius 2 is 1.90 bits per heavy atom. The molecule has 2 amide bonds. The zero-order valence-corrected chi connectivity index (χ0v) is 11.5. The fraction of sp³-hybridized carbons (Fsp3) is 0.333. The molecular formula is C12H13FN2O4S. The summed E-state index contributed by atoms with van der Waals surface area (Å²) in [6.45, 7) is 1.22. The van der Waals surface area contributed by atoms with Crippen LogP contribution in [-0.2, 0) is 19.6 Å². The lowest BCUT2D eigenvalue weighted by Crippen LogP contribution is -2.59. The van der Waals surface area contributed by atoms with Crippen LogP contribution >= 0.6 is 0 Å². The molecule has 20 heavy (non-hydrogen) atoms. The summed E-state index contributed by atoms with van der Waals surface area (Å²) in [5.74, 6) is -1.89. The quantitative estimate of drug-likeness (QED) is 0.811. The van der Waals surface area contributed by atoms with Gasteiger partial charge in [-0.3, -0.25) is 14.9 Å². The maximum Gasteiger partial charge on any atom is 0.245 e. The Morgan fingerprint density at radius 3 is 2.45 bits per heavy atom. The van der Waals surface area contributed by atoms with E-state index in [2.05, 4.69) is 5.32 Å². The van der Waals surface area contributed by atoms with Gasteiger partial charge in [-0.25, -0.2) is 12.8 Å². The van der Waals surface area contributed by atoms with Crippen molar-refractivity contribution < 1.29 is 22.4 Å². The van der Waals surface area contributed by atoms with Crippen LogP contribution in [0.1, 0.15) is 13.3 Å². The minimum Gasteiger partial charge on any atom is -0.294 e. The third-order valence-electron chi connectivity index (χ3n) is 3.02. The lowest BCUT2D eigenvalue weighted by atomic mass is 10.2. The van der Waals surface area contributed by atoms with E-state index in [0.29, 0.717) is 0 Å². The fourth-order valence-corrected chi connectivity index (χ4v) is 3.64. The summed E-state index contributed by atoms with van der Waals surface area (Å²) < 4.78 is 38.6. The van der Waals surface area contributed by atoms with Crippen molar-refractivity contribution in [2.75, 3.05) is 6.54 Å². The van der Waals surface area contributed by atoms with E-state index in [-0.39, 0.29) is 11.3 Å². The average Bonchev–Trinajstić information content (AvgIpc) is 2.38. The first kappa shape index (κ1) is 14.6. The number of carbonyl (C=O) groups excluding carboxylic acids is 2. The number of nitrogens with one attached hydrogen (secondary N) is 1. The number of benzene rings is 1. The zero-order valence-electron chi connectivity index (χ0n) is 10.7. The maximum absolute atomic E-state index is 12.9. The Hall–Kier alpha value is -1.80. The second kappa shape index (κ2) is 5.29. The molecular weight excluding hydrogens is 287 g/mol. The molecule has 1 aliphatic rings. The fourth-order valence-electron chi connectivity index (χ4n) is 2.03. The molecule has 1 atom stereocenters. The van der Waals surface area contributed by atoms with Gasteiger partial charge in [-0.1, -0.05) is 6.92 Å². The van der Waals surface area contributed by atoms with Gasteiger partial charge in [0.05, 0.1) is 11.4 Å². The van der Waals surface area contributed by atoms with E-state index in [9.17, 15) is 22.4 Å². The van der Waals surface area contributed by atoms with Crippen molar-refractivity contribution in [2.45, 2.75) is 24.3 Å². The number of sulfonamides is 1. The third-order valence-corrected chi connectivity index (χ3v) is 4.89. The van der Waals surface area contributed by atoms with Gasteiger partial charge < -0.3 is 0 Å². The molecule has 0 bridgehead atoms. The Kier molecular flexibility index (Phi) is 3.87. The van der Waals surface area contributed by atoms with Crippen molar-refractivity contribution in [3.05, 3.63) is 30.1 Å². The average molecular weight is 300 g/mol. The first-order valence-corrected chi connectivity index (χ1v) is 7.41. The van der Waals surface area contributed by atoms with Crippen LogP contribution in [0.2, 0.25) is 0 Å². The molecule has 1 unspecified atom stereocenters. The molecule has 1 aliphatic heterocycles. The Bertz CT molecular complexity index is 642. The van der Waals surface area contributed by atoms with Crippen LogP contribution in [-0.4, -0.2) is 37.1 Å². The van der Waals surface area contributed by atoms with E-state index < -0.39 is 40.2 Å². The van der Waals surface area contributed by atoms with Crippen LogP contribution in [0.4, 0.5) is 4.39 Å². The number of halogens is 1. The second-order valence-electron chi connectivity index (χ2n) is 4.34. The maximum atomic E-state index is 12.9. The molecule has 0 spiro atoms. The molecule has 1 fully saturated rings. The van der Waals surface area contributed by atoms with Crippen molar-refractivity contribution in [2.24, 2.45) is 0 Å². The van der Waals surface area contributed by atoms with Gasteiger partial charge in [-0.2, -0.15) is 4.31 Å². The van der Waals surface area contributed by atoms with Crippen molar-refractivity contribution in [3.63, 3.8) is 0 Å². The highest BCUT2D eigenvalue weighted by Crippen LogP contribution is 2.21. The largest absolute Gasteiger partial charge is 0.294 e. The highest BCUT2D eigenvalue weighted by atomic mass is 32.2. The van der Waals surface area contributed by atoms with Crippen molar-refractivity contribution in [1.82, 2.24) is 9.62 Å². The first-order valence-electron chi connectivity index (χ1n) is 5.97. The van der Waals surface area contributed by atoms with Crippen LogP contribution in [0.25, 0.3) is 0 Å². The first-order chi connectivity index (χ1) is 9.36. The molecule has 0 aromatic heterocycles. The van der Waals surface area contributed by atoms with Crippen molar-refractivity contribution in [1.29, 1.82) is 0 Å². The van der Waals surface area contributed by atoms with E-state index in [1.54, 1.807) is 6.92 Å². The Labute approximate surface area is 115 Å². The van der Waals surface area contributed by atoms with Gasteiger partial charge in [0, 0.05) is 0 Å². The molecule has 1 N–H and O–H groups in total. The van der Waals surface area contributed by atoms with Gasteiger partial charge in [0.25, 0.3) is 0 Å². The van der Waals surface area contributed by atoms with Crippen molar-refractivity contribution in [3.8, 4) is 0 Å². The zero-order chi connectivity index (χ0) is 14.9. The van der Waals surface area contributed by atoms with E-state index in [1.165, 1.54) is 0 Å². The summed E-state index contributed by atoms with van der Waals surface area (Å²) in [4.78, 5) is 22.9. The Balaban J connectivity index is 2.43. The van der Waals surface area contributed by atoms with Crippen LogP contribution in [0.5, 0.6) is 0 Å². The number of piperazine rings is 1. The monoisotopic (exact) mass is 300 g/mol. The highest BCUT2D eigenvalue weighted by Gasteiger charge is 2.40. The standard InChI is InChI=1S/C12H13FN2O4S/c1-2-10-12(17)14-11(16)7-15(10)20(18,19)9-5-3-8(13)4-6-9/h3-6,10H,2,7H2,1H3,(H,14,16,17). The number of carbonyl (C=O) groups is 2. The van der Waals surface area contributed by atoms with Gasteiger partial charge in [-0.15, -0.1) is 0 Å². The predicted octanol–water partition coefficient (Wildman–Crippen LogP) is 0.251. The van der Waals surface area contributed by atoms with Gasteiger partial charge in [0.2, 0.25) is 21.8 Å². The molecule has 0 saturated carbocycles. The minimum absolute atomic E-state index is 0.153. The SMILES string of the molecule is CCC1C(=O)NC(=O)CN1S(=O)(=O)c1ccc(F)cc1. The topological polar surface area (TPSA) is 83.6 Å². The van der Waals surface area contributed by atoms with E-state index >= 15 is 0 Å². The van der Waals surface area contributed by atoms with Crippen LogP contribution in [0, 0.1) is 5.82 Å². The van der Waals surface area contributed by atoms with Gasteiger partial charge in [0.1, 0.15) is 11.9 Å². The summed E-state index contributed by atoms with van der Waals surface area (Å²) in [7, 11) is -4.02. The molecule has 0 radical (unpaired) electrons. The van der Waals surface area contributed by atoms with Crippen LogP contribution in [0.15, 0.2) is 29.2 Å².